The van der Waals surface area contributed by atoms with Crippen LogP contribution in [-0.4, -0.2) is 48.5 Å². The molecule has 98 valence electrons. The lowest BCUT2D eigenvalue weighted by Crippen LogP contribution is -2.28. The lowest BCUT2D eigenvalue weighted by atomic mass is 10.2. The molecule has 0 fully saturated rings. The SMILES string of the molecule is CCN(C)CCNCc1c(C)nn(C)c1OC. The molecule has 0 aliphatic rings. The molecule has 1 heterocycles. The van der Waals surface area contributed by atoms with Crippen molar-refractivity contribution in [2.24, 2.45) is 7.05 Å². The standard InChI is InChI=1S/C12H24N4O/c1-6-15(3)8-7-13-9-11-10(2)14-16(4)12(11)17-5/h13H,6-9H2,1-5H3. The van der Waals surface area contributed by atoms with E-state index in [1.807, 2.05) is 14.0 Å². The molecule has 1 aromatic heterocycles. The Morgan fingerprint density at radius 1 is 1.47 bits per heavy atom. The van der Waals surface area contributed by atoms with Crippen LogP contribution in [0.3, 0.4) is 0 Å². The molecule has 17 heavy (non-hydrogen) atoms. The van der Waals surface area contributed by atoms with Crippen molar-refractivity contribution in [1.29, 1.82) is 0 Å². The Labute approximate surface area is 104 Å². The van der Waals surface area contributed by atoms with E-state index in [1.54, 1.807) is 11.8 Å². The highest BCUT2D eigenvalue weighted by atomic mass is 16.5. The minimum atomic E-state index is 0.806. The Kier molecular flexibility index (Phi) is 5.44. The maximum atomic E-state index is 5.35. The molecule has 5 heteroatoms. The number of nitrogens with zero attached hydrogens (tertiary/aromatic N) is 3. The van der Waals surface area contributed by atoms with Gasteiger partial charge in [-0.2, -0.15) is 5.10 Å². The molecule has 0 aliphatic carbocycles. The van der Waals surface area contributed by atoms with Gasteiger partial charge in [-0.05, 0) is 20.5 Å². The van der Waals surface area contributed by atoms with Crippen molar-refractivity contribution in [3.05, 3.63) is 11.3 Å². The fourth-order valence-electron chi connectivity index (χ4n) is 1.78. The normalized spacial score (nSPS) is 11.2. The fraction of sp³-hybridized carbons (Fsp3) is 0.750. The third-order valence-electron chi connectivity index (χ3n) is 2.99. The van der Waals surface area contributed by atoms with Gasteiger partial charge < -0.3 is 15.0 Å². The zero-order chi connectivity index (χ0) is 12.8. The highest BCUT2D eigenvalue weighted by molar-refractivity contribution is 5.30. The Balaban J connectivity index is 2.46. The van der Waals surface area contributed by atoms with Crippen molar-refractivity contribution < 1.29 is 4.74 Å². The molecule has 0 spiro atoms. The lowest BCUT2D eigenvalue weighted by Gasteiger charge is -2.14. The van der Waals surface area contributed by atoms with E-state index >= 15 is 0 Å². The average Bonchev–Trinajstić information content (AvgIpc) is 2.58. The molecule has 0 aliphatic heterocycles. The van der Waals surface area contributed by atoms with E-state index in [1.165, 1.54) is 0 Å². The molecule has 0 unspecified atom stereocenters. The molecule has 0 bridgehead atoms. The minimum absolute atomic E-state index is 0.806. The molecular weight excluding hydrogens is 216 g/mol. The van der Waals surface area contributed by atoms with Crippen LogP contribution >= 0.6 is 0 Å². The Bertz CT molecular complexity index is 349. The maximum Gasteiger partial charge on any atom is 0.216 e. The van der Waals surface area contributed by atoms with Crippen molar-refractivity contribution in [3.63, 3.8) is 0 Å². The summed E-state index contributed by atoms with van der Waals surface area (Å²) < 4.78 is 7.13. The van der Waals surface area contributed by atoms with Gasteiger partial charge in [0.15, 0.2) is 0 Å². The maximum absolute atomic E-state index is 5.35. The van der Waals surface area contributed by atoms with Crippen molar-refractivity contribution in [3.8, 4) is 5.88 Å². The molecule has 1 N–H and O–H groups in total. The predicted octanol–water partition coefficient (Wildman–Crippen LogP) is 0.778. The summed E-state index contributed by atoms with van der Waals surface area (Å²) in [6, 6.07) is 0. The van der Waals surface area contributed by atoms with Gasteiger partial charge in [0.2, 0.25) is 5.88 Å². The van der Waals surface area contributed by atoms with E-state index < -0.39 is 0 Å². The first kappa shape index (κ1) is 14.0. The van der Waals surface area contributed by atoms with E-state index in [0.717, 1.165) is 43.3 Å². The zero-order valence-electron chi connectivity index (χ0n) is 11.6. The molecule has 1 aromatic rings. The zero-order valence-corrected chi connectivity index (χ0v) is 11.6. The second-order valence-corrected chi connectivity index (χ2v) is 4.27. The second-order valence-electron chi connectivity index (χ2n) is 4.27. The predicted molar refractivity (Wildman–Crippen MR) is 69.4 cm³/mol. The summed E-state index contributed by atoms with van der Waals surface area (Å²) in [5.41, 5.74) is 2.18. The van der Waals surface area contributed by atoms with Crippen LogP contribution in [0, 0.1) is 6.92 Å². The number of ether oxygens (including phenoxy) is 1. The van der Waals surface area contributed by atoms with E-state index in [9.17, 15) is 0 Å². The number of nitrogens with one attached hydrogen (secondary N) is 1. The monoisotopic (exact) mass is 240 g/mol. The molecule has 0 saturated heterocycles. The van der Waals surface area contributed by atoms with Gasteiger partial charge in [0.1, 0.15) is 0 Å². The molecule has 0 atom stereocenters. The molecule has 0 saturated carbocycles. The van der Waals surface area contributed by atoms with Crippen LogP contribution in [0.2, 0.25) is 0 Å². The lowest BCUT2D eigenvalue weighted by molar-refractivity contribution is 0.346. The van der Waals surface area contributed by atoms with E-state index in [2.05, 4.69) is 29.3 Å². The van der Waals surface area contributed by atoms with E-state index in [-0.39, 0.29) is 0 Å². The van der Waals surface area contributed by atoms with Crippen molar-refractivity contribution in [1.82, 2.24) is 20.0 Å². The summed E-state index contributed by atoms with van der Waals surface area (Å²) in [6.07, 6.45) is 0. The van der Waals surface area contributed by atoms with E-state index in [0.29, 0.717) is 0 Å². The van der Waals surface area contributed by atoms with Crippen molar-refractivity contribution >= 4 is 0 Å². The summed E-state index contributed by atoms with van der Waals surface area (Å²) in [4.78, 5) is 2.28. The number of aromatic nitrogens is 2. The van der Waals surface area contributed by atoms with Gasteiger partial charge in [-0.3, -0.25) is 0 Å². The summed E-state index contributed by atoms with van der Waals surface area (Å²) >= 11 is 0. The Morgan fingerprint density at radius 3 is 2.76 bits per heavy atom. The van der Waals surface area contributed by atoms with Gasteiger partial charge in [0.25, 0.3) is 0 Å². The van der Waals surface area contributed by atoms with Gasteiger partial charge >= 0.3 is 0 Å². The van der Waals surface area contributed by atoms with Gasteiger partial charge in [0.05, 0.1) is 18.4 Å². The average molecular weight is 240 g/mol. The number of rotatable bonds is 7. The van der Waals surface area contributed by atoms with Gasteiger partial charge in [-0.1, -0.05) is 6.92 Å². The number of hydrogen-bond acceptors (Lipinski definition) is 4. The summed E-state index contributed by atoms with van der Waals surface area (Å²) in [5.74, 6) is 0.846. The number of methoxy groups -OCH3 is 1. The molecule has 5 nitrogen and oxygen atoms in total. The Hall–Kier alpha value is -1.07. The topological polar surface area (TPSA) is 42.3 Å². The Morgan fingerprint density at radius 2 is 2.18 bits per heavy atom. The van der Waals surface area contributed by atoms with Crippen LogP contribution in [0.25, 0.3) is 0 Å². The smallest absolute Gasteiger partial charge is 0.216 e. The van der Waals surface area contributed by atoms with Crippen LogP contribution in [0.1, 0.15) is 18.2 Å². The minimum Gasteiger partial charge on any atom is -0.481 e. The van der Waals surface area contributed by atoms with Crippen molar-refractivity contribution in [2.75, 3.05) is 33.8 Å². The summed E-state index contributed by atoms with van der Waals surface area (Å²) in [7, 11) is 5.71. The van der Waals surface area contributed by atoms with Crippen LogP contribution in [0.5, 0.6) is 5.88 Å². The van der Waals surface area contributed by atoms with Gasteiger partial charge in [0, 0.05) is 26.7 Å². The molecule has 1 rings (SSSR count). The quantitative estimate of drug-likeness (QED) is 0.715. The number of aryl methyl sites for hydroxylation is 2. The summed E-state index contributed by atoms with van der Waals surface area (Å²) in [6.45, 7) is 8.09. The van der Waals surface area contributed by atoms with Crippen LogP contribution < -0.4 is 10.1 Å². The van der Waals surface area contributed by atoms with Crippen LogP contribution in [-0.2, 0) is 13.6 Å². The van der Waals surface area contributed by atoms with Gasteiger partial charge in [-0.25, -0.2) is 4.68 Å². The molecule has 0 amide bonds. The van der Waals surface area contributed by atoms with Crippen molar-refractivity contribution in [2.45, 2.75) is 20.4 Å². The molecule has 0 aromatic carbocycles. The fourth-order valence-corrected chi connectivity index (χ4v) is 1.78. The first-order valence-electron chi connectivity index (χ1n) is 6.05. The highest BCUT2D eigenvalue weighted by Gasteiger charge is 2.12. The first-order valence-corrected chi connectivity index (χ1v) is 6.05. The van der Waals surface area contributed by atoms with E-state index in [4.69, 9.17) is 4.74 Å². The largest absolute Gasteiger partial charge is 0.481 e. The third-order valence-corrected chi connectivity index (χ3v) is 2.99. The number of hydrogen-bond donors (Lipinski definition) is 1. The van der Waals surface area contributed by atoms with Gasteiger partial charge in [-0.15, -0.1) is 0 Å². The second kappa shape index (κ2) is 6.61. The summed E-state index contributed by atoms with van der Waals surface area (Å²) in [5, 5.41) is 7.77. The number of likely N-dealkylation sites (N-methyl/N-ethyl adjacent to an activating group) is 1. The molecule has 0 radical (unpaired) electrons. The van der Waals surface area contributed by atoms with Crippen LogP contribution in [0.4, 0.5) is 0 Å². The molecular formula is C12H24N4O. The highest BCUT2D eigenvalue weighted by Crippen LogP contribution is 2.20. The third kappa shape index (κ3) is 3.71. The van der Waals surface area contributed by atoms with Crippen LogP contribution in [0.15, 0.2) is 0 Å². The first-order chi connectivity index (χ1) is 8.10.